The number of aryl methyl sites for hydroxylation is 1. The highest BCUT2D eigenvalue weighted by molar-refractivity contribution is 5.08. The molecule has 1 rings (SSSR count). The van der Waals surface area contributed by atoms with E-state index in [0.29, 0.717) is 19.4 Å². The van der Waals surface area contributed by atoms with Gasteiger partial charge in [-0.1, -0.05) is 0 Å². The van der Waals surface area contributed by atoms with Gasteiger partial charge in [0.1, 0.15) is 5.54 Å². The summed E-state index contributed by atoms with van der Waals surface area (Å²) in [6.45, 7) is 6.03. The molecule has 1 N–H and O–H groups in total. The molecule has 1 unspecified atom stereocenters. The van der Waals surface area contributed by atoms with Crippen molar-refractivity contribution in [1.29, 1.82) is 5.26 Å². The van der Waals surface area contributed by atoms with Crippen LogP contribution in [0.1, 0.15) is 39.2 Å². The molecule has 0 aromatic carbocycles. The lowest BCUT2D eigenvalue weighted by Gasteiger charge is -2.25. The lowest BCUT2D eigenvalue weighted by molar-refractivity contribution is -0.137. The second-order valence-electron chi connectivity index (χ2n) is 5.34. The quantitative estimate of drug-likeness (QED) is 0.875. The maximum atomic E-state index is 12.4. The number of halogens is 3. The van der Waals surface area contributed by atoms with E-state index >= 15 is 0 Å². The lowest BCUT2D eigenvalue weighted by atomic mass is 9.96. The van der Waals surface area contributed by atoms with E-state index in [0.717, 1.165) is 12.4 Å². The van der Waals surface area contributed by atoms with Crippen LogP contribution in [0.5, 0.6) is 0 Å². The number of hydrogen-bond donors (Lipinski definition) is 1. The van der Waals surface area contributed by atoms with Crippen LogP contribution in [0.15, 0.2) is 12.4 Å². The van der Waals surface area contributed by atoms with Crippen LogP contribution in [0.2, 0.25) is 0 Å². The molecule has 0 fully saturated rings. The van der Waals surface area contributed by atoms with Crippen LogP contribution in [0.4, 0.5) is 13.2 Å². The van der Waals surface area contributed by atoms with Crippen molar-refractivity contribution < 1.29 is 13.2 Å². The standard InChI is InChI=1S/C13H19F3N4/c1-10(2)19-12(3,9-17)5-4-6-20-8-11(7-18-20)13(14,15)16/h7-8,10,19H,4-6H2,1-3H3. The molecule has 1 atom stereocenters. The number of nitriles is 1. The molecule has 1 aromatic heterocycles. The molecule has 0 amide bonds. The third kappa shape index (κ3) is 4.85. The van der Waals surface area contributed by atoms with Gasteiger partial charge in [0.2, 0.25) is 0 Å². The molecule has 1 aromatic rings. The Balaban J connectivity index is 2.52. The van der Waals surface area contributed by atoms with Gasteiger partial charge in [-0.25, -0.2) is 0 Å². The Morgan fingerprint density at radius 3 is 2.55 bits per heavy atom. The topological polar surface area (TPSA) is 53.6 Å². The van der Waals surface area contributed by atoms with Crippen LogP contribution in [-0.4, -0.2) is 21.4 Å². The van der Waals surface area contributed by atoms with Gasteiger partial charge in [0.25, 0.3) is 0 Å². The fourth-order valence-electron chi connectivity index (χ4n) is 2.02. The van der Waals surface area contributed by atoms with E-state index in [-0.39, 0.29) is 6.04 Å². The van der Waals surface area contributed by atoms with Crippen molar-refractivity contribution in [1.82, 2.24) is 15.1 Å². The summed E-state index contributed by atoms with van der Waals surface area (Å²) in [6.07, 6.45) is -1.44. The van der Waals surface area contributed by atoms with Crippen molar-refractivity contribution in [2.24, 2.45) is 0 Å². The molecular formula is C13H19F3N4. The highest BCUT2D eigenvalue weighted by atomic mass is 19.4. The second kappa shape index (κ2) is 6.27. The minimum absolute atomic E-state index is 0.168. The van der Waals surface area contributed by atoms with E-state index in [4.69, 9.17) is 5.26 Å². The Morgan fingerprint density at radius 1 is 1.45 bits per heavy atom. The molecule has 7 heteroatoms. The third-order valence-electron chi connectivity index (χ3n) is 2.88. The molecule has 0 aliphatic heterocycles. The highest BCUT2D eigenvalue weighted by Crippen LogP contribution is 2.28. The number of alkyl halides is 3. The normalized spacial score (nSPS) is 15.1. The van der Waals surface area contributed by atoms with Crippen LogP contribution in [0.3, 0.4) is 0 Å². The number of hydrogen-bond acceptors (Lipinski definition) is 3. The number of aromatic nitrogens is 2. The summed E-state index contributed by atoms with van der Waals surface area (Å²) < 4.78 is 38.5. The predicted molar refractivity (Wildman–Crippen MR) is 68.8 cm³/mol. The van der Waals surface area contributed by atoms with E-state index in [1.807, 2.05) is 13.8 Å². The molecule has 0 bridgehead atoms. The molecule has 20 heavy (non-hydrogen) atoms. The SMILES string of the molecule is CC(C)NC(C)(C#N)CCCn1cc(C(F)(F)F)cn1. The lowest BCUT2D eigenvalue weighted by Crippen LogP contribution is -2.45. The van der Waals surface area contributed by atoms with E-state index in [9.17, 15) is 13.2 Å². The first-order valence-corrected chi connectivity index (χ1v) is 6.45. The Kier molecular flexibility index (Phi) is 5.17. The van der Waals surface area contributed by atoms with Crippen LogP contribution in [-0.2, 0) is 12.7 Å². The van der Waals surface area contributed by atoms with Gasteiger partial charge < -0.3 is 0 Å². The Bertz CT molecular complexity index is 473. The maximum absolute atomic E-state index is 12.4. The summed E-state index contributed by atoms with van der Waals surface area (Å²) >= 11 is 0. The second-order valence-corrected chi connectivity index (χ2v) is 5.34. The summed E-state index contributed by atoms with van der Waals surface area (Å²) in [5.74, 6) is 0. The average Bonchev–Trinajstić information content (AvgIpc) is 2.76. The largest absolute Gasteiger partial charge is 0.419 e. The minimum atomic E-state index is -4.36. The van der Waals surface area contributed by atoms with Gasteiger partial charge in [0, 0.05) is 18.8 Å². The first-order valence-electron chi connectivity index (χ1n) is 6.45. The highest BCUT2D eigenvalue weighted by Gasteiger charge is 2.32. The minimum Gasteiger partial charge on any atom is -0.297 e. The van der Waals surface area contributed by atoms with Crippen molar-refractivity contribution >= 4 is 0 Å². The fourth-order valence-corrected chi connectivity index (χ4v) is 2.02. The van der Waals surface area contributed by atoms with Gasteiger partial charge in [0.05, 0.1) is 17.8 Å². The molecular weight excluding hydrogens is 269 g/mol. The van der Waals surface area contributed by atoms with Gasteiger partial charge in [-0.15, -0.1) is 0 Å². The van der Waals surface area contributed by atoms with E-state index in [1.54, 1.807) is 6.92 Å². The fraction of sp³-hybridized carbons (Fsp3) is 0.692. The Hall–Kier alpha value is -1.55. The first kappa shape index (κ1) is 16.5. The smallest absolute Gasteiger partial charge is 0.297 e. The summed E-state index contributed by atoms with van der Waals surface area (Å²) in [5, 5.41) is 16.0. The molecule has 4 nitrogen and oxygen atoms in total. The van der Waals surface area contributed by atoms with Crippen molar-refractivity contribution in [3.63, 3.8) is 0 Å². The molecule has 0 aliphatic rings. The molecule has 0 saturated heterocycles. The van der Waals surface area contributed by atoms with Crippen molar-refractivity contribution in [2.45, 2.75) is 57.9 Å². The van der Waals surface area contributed by atoms with Crippen molar-refractivity contribution in [3.05, 3.63) is 18.0 Å². The van der Waals surface area contributed by atoms with Crippen molar-refractivity contribution in [3.8, 4) is 6.07 Å². The molecule has 112 valence electrons. The zero-order valence-electron chi connectivity index (χ0n) is 11.8. The summed E-state index contributed by atoms with van der Waals surface area (Å²) in [7, 11) is 0. The number of nitrogens with one attached hydrogen (secondary N) is 1. The van der Waals surface area contributed by atoms with E-state index < -0.39 is 17.3 Å². The Morgan fingerprint density at radius 2 is 2.10 bits per heavy atom. The molecule has 0 radical (unpaired) electrons. The molecule has 0 saturated carbocycles. The van der Waals surface area contributed by atoms with Gasteiger partial charge in [-0.2, -0.15) is 23.5 Å². The zero-order valence-corrected chi connectivity index (χ0v) is 11.8. The Labute approximate surface area is 116 Å². The summed E-state index contributed by atoms with van der Waals surface area (Å²) in [6, 6.07) is 2.37. The molecule has 0 aliphatic carbocycles. The monoisotopic (exact) mass is 288 g/mol. The molecule has 0 spiro atoms. The van der Waals surface area contributed by atoms with Gasteiger partial charge >= 0.3 is 6.18 Å². The van der Waals surface area contributed by atoms with Crippen LogP contribution in [0, 0.1) is 11.3 Å². The van der Waals surface area contributed by atoms with Gasteiger partial charge in [0.15, 0.2) is 0 Å². The third-order valence-corrected chi connectivity index (χ3v) is 2.88. The number of rotatable bonds is 6. The summed E-state index contributed by atoms with van der Waals surface area (Å²) in [4.78, 5) is 0. The zero-order chi connectivity index (χ0) is 15.4. The van der Waals surface area contributed by atoms with Crippen LogP contribution in [0.25, 0.3) is 0 Å². The maximum Gasteiger partial charge on any atom is 0.419 e. The average molecular weight is 288 g/mol. The summed E-state index contributed by atoms with van der Waals surface area (Å²) in [5.41, 5.74) is -1.42. The van der Waals surface area contributed by atoms with Gasteiger partial charge in [-0.3, -0.25) is 10.00 Å². The van der Waals surface area contributed by atoms with Crippen LogP contribution >= 0.6 is 0 Å². The number of nitrogens with zero attached hydrogens (tertiary/aromatic N) is 3. The predicted octanol–water partition coefficient (Wildman–Crippen LogP) is 2.96. The van der Waals surface area contributed by atoms with E-state index in [1.165, 1.54) is 4.68 Å². The van der Waals surface area contributed by atoms with Gasteiger partial charge in [-0.05, 0) is 33.6 Å². The first-order chi connectivity index (χ1) is 9.16. The van der Waals surface area contributed by atoms with Crippen LogP contribution < -0.4 is 5.32 Å². The van der Waals surface area contributed by atoms with E-state index in [2.05, 4.69) is 16.5 Å². The van der Waals surface area contributed by atoms with Crippen molar-refractivity contribution in [2.75, 3.05) is 0 Å². The molecule has 1 heterocycles.